The van der Waals surface area contributed by atoms with E-state index in [2.05, 4.69) is 0 Å². The standard InChI is InChI=1S/C14H13N3O3/c15-10-12(14(18)16-7-3-4-8-16)9-11-5-1-2-6-13(11)17(19)20/h1-2,5-6,9H,3-4,7-8H2. The van der Waals surface area contributed by atoms with Crippen LogP contribution in [-0.2, 0) is 4.79 Å². The first-order valence-electron chi connectivity index (χ1n) is 6.28. The molecule has 1 heterocycles. The summed E-state index contributed by atoms with van der Waals surface area (Å²) in [5.41, 5.74) is 0.0808. The third-order valence-corrected chi connectivity index (χ3v) is 3.18. The Balaban J connectivity index is 2.34. The third kappa shape index (κ3) is 2.83. The molecule has 20 heavy (non-hydrogen) atoms. The van der Waals surface area contributed by atoms with Gasteiger partial charge in [-0.05, 0) is 25.0 Å². The molecule has 0 spiro atoms. The van der Waals surface area contributed by atoms with E-state index < -0.39 is 4.92 Å². The first-order valence-corrected chi connectivity index (χ1v) is 6.28. The van der Waals surface area contributed by atoms with Crippen LogP contribution < -0.4 is 0 Å². The van der Waals surface area contributed by atoms with Gasteiger partial charge in [-0.25, -0.2) is 0 Å². The zero-order valence-electron chi connectivity index (χ0n) is 10.8. The molecule has 1 fully saturated rings. The number of nitro groups is 1. The molecule has 0 radical (unpaired) electrons. The summed E-state index contributed by atoms with van der Waals surface area (Å²) in [7, 11) is 0. The molecule has 1 aliphatic rings. The number of nitrogens with zero attached hydrogens (tertiary/aromatic N) is 3. The molecule has 6 heteroatoms. The summed E-state index contributed by atoms with van der Waals surface area (Å²) in [4.78, 5) is 24.1. The predicted octanol–water partition coefficient (Wildman–Crippen LogP) is 2.12. The fourth-order valence-electron chi connectivity index (χ4n) is 2.16. The Labute approximate surface area is 116 Å². The lowest BCUT2D eigenvalue weighted by Crippen LogP contribution is -2.28. The van der Waals surface area contributed by atoms with Gasteiger partial charge < -0.3 is 4.90 Å². The molecule has 6 nitrogen and oxygen atoms in total. The maximum Gasteiger partial charge on any atom is 0.276 e. The van der Waals surface area contributed by atoms with E-state index in [1.807, 2.05) is 6.07 Å². The molecule has 2 rings (SSSR count). The van der Waals surface area contributed by atoms with Gasteiger partial charge in [-0.1, -0.05) is 12.1 Å². The second-order valence-corrected chi connectivity index (χ2v) is 4.49. The van der Waals surface area contributed by atoms with Gasteiger partial charge >= 0.3 is 0 Å². The molecule has 0 saturated carbocycles. The van der Waals surface area contributed by atoms with Gasteiger partial charge in [0.05, 0.1) is 10.5 Å². The van der Waals surface area contributed by atoms with Crippen LogP contribution in [0.4, 0.5) is 5.69 Å². The molecular formula is C14H13N3O3. The van der Waals surface area contributed by atoms with Gasteiger partial charge in [0.15, 0.2) is 0 Å². The number of nitro benzene ring substituents is 1. The minimum atomic E-state index is -0.527. The average Bonchev–Trinajstić information content (AvgIpc) is 2.98. The summed E-state index contributed by atoms with van der Waals surface area (Å²) < 4.78 is 0. The largest absolute Gasteiger partial charge is 0.338 e. The molecule has 1 saturated heterocycles. The van der Waals surface area contributed by atoms with E-state index in [1.165, 1.54) is 18.2 Å². The Morgan fingerprint density at radius 2 is 2.00 bits per heavy atom. The molecule has 1 aromatic carbocycles. The fourth-order valence-corrected chi connectivity index (χ4v) is 2.16. The third-order valence-electron chi connectivity index (χ3n) is 3.18. The highest BCUT2D eigenvalue weighted by Crippen LogP contribution is 2.21. The van der Waals surface area contributed by atoms with E-state index in [1.54, 1.807) is 17.0 Å². The number of likely N-dealkylation sites (tertiary alicyclic amines) is 1. The lowest BCUT2D eigenvalue weighted by Gasteiger charge is -2.13. The lowest BCUT2D eigenvalue weighted by molar-refractivity contribution is -0.385. The van der Waals surface area contributed by atoms with Crippen molar-refractivity contribution < 1.29 is 9.72 Å². The fraction of sp³-hybridized carbons (Fsp3) is 0.286. The van der Waals surface area contributed by atoms with E-state index in [4.69, 9.17) is 5.26 Å². The molecular weight excluding hydrogens is 258 g/mol. The van der Waals surface area contributed by atoms with Gasteiger partial charge in [-0.15, -0.1) is 0 Å². The summed E-state index contributed by atoms with van der Waals surface area (Å²) >= 11 is 0. The second kappa shape index (κ2) is 5.97. The Morgan fingerprint density at radius 1 is 1.35 bits per heavy atom. The van der Waals surface area contributed by atoms with E-state index in [0.29, 0.717) is 13.1 Å². The number of para-hydroxylation sites is 1. The Hall–Kier alpha value is -2.68. The maximum absolute atomic E-state index is 12.1. The number of hydrogen-bond acceptors (Lipinski definition) is 4. The second-order valence-electron chi connectivity index (χ2n) is 4.49. The molecule has 0 unspecified atom stereocenters. The van der Waals surface area contributed by atoms with Crippen molar-refractivity contribution in [3.8, 4) is 6.07 Å². The average molecular weight is 271 g/mol. The summed E-state index contributed by atoms with van der Waals surface area (Å²) in [5.74, 6) is -0.358. The molecule has 1 aromatic rings. The lowest BCUT2D eigenvalue weighted by atomic mass is 10.1. The number of carbonyl (C=O) groups is 1. The van der Waals surface area contributed by atoms with Gasteiger partial charge in [0.25, 0.3) is 11.6 Å². The quantitative estimate of drug-likeness (QED) is 0.364. The van der Waals surface area contributed by atoms with Crippen molar-refractivity contribution in [2.45, 2.75) is 12.8 Å². The van der Waals surface area contributed by atoms with Crippen LogP contribution in [0.2, 0.25) is 0 Å². The van der Waals surface area contributed by atoms with E-state index in [9.17, 15) is 14.9 Å². The van der Waals surface area contributed by atoms with Gasteiger partial charge in [-0.2, -0.15) is 5.26 Å². The topological polar surface area (TPSA) is 87.2 Å². The smallest absolute Gasteiger partial charge is 0.276 e. The molecule has 1 aliphatic heterocycles. The predicted molar refractivity (Wildman–Crippen MR) is 72.5 cm³/mol. The highest BCUT2D eigenvalue weighted by molar-refractivity contribution is 6.02. The maximum atomic E-state index is 12.1. The Kier molecular flexibility index (Phi) is 4.11. The summed E-state index contributed by atoms with van der Waals surface area (Å²) in [6.45, 7) is 1.27. The molecule has 0 aromatic heterocycles. The minimum absolute atomic E-state index is 0.0683. The monoisotopic (exact) mass is 271 g/mol. The highest BCUT2D eigenvalue weighted by atomic mass is 16.6. The highest BCUT2D eigenvalue weighted by Gasteiger charge is 2.22. The van der Waals surface area contributed by atoms with Crippen molar-refractivity contribution >= 4 is 17.7 Å². The molecule has 0 bridgehead atoms. The van der Waals surface area contributed by atoms with Crippen LogP contribution >= 0.6 is 0 Å². The van der Waals surface area contributed by atoms with E-state index in [0.717, 1.165) is 12.8 Å². The zero-order valence-corrected chi connectivity index (χ0v) is 10.8. The van der Waals surface area contributed by atoms with Gasteiger partial charge in [0.2, 0.25) is 0 Å². The van der Waals surface area contributed by atoms with E-state index >= 15 is 0 Å². The summed E-state index contributed by atoms with van der Waals surface area (Å²) in [5, 5.41) is 20.0. The number of carbonyl (C=O) groups excluding carboxylic acids is 1. The van der Waals surface area contributed by atoms with Gasteiger partial charge in [-0.3, -0.25) is 14.9 Å². The summed E-state index contributed by atoms with van der Waals surface area (Å²) in [6.07, 6.45) is 3.14. The van der Waals surface area contributed by atoms with E-state index in [-0.39, 0.29) is 22.7 Å². The normalized spacial score (nSPS) is 14.9. The van der Waals surface area contributed by atoms with Crippen LogP contribution in [0.15, 0.2) is 29.8 Å². The number of hydrogen-bond donors (Lipinski definition) is 0. The molecule has 102 valence electrons. The molecule has 0 N–H and O–H groups in total. The Morgan fingerprint density at radius 3 is 2.60 bits per heavy atom. The number of rotatable bonds is 3. The number of benzene rings is 1. The van der Waals surface area contributed by atoms with Crippen LogP contribution in [0.5, 0.6) is 0 Å². The molecule has 0 atom stereocenters. The van der Waals surface area contributed by atoms with Crippen LogP contribution in [-0.4, -0.2) is 28.8 Å². The zero-order chi connectivity index (χ0) is 14.5. The first-order chi connectivity index (χ1) is 9.63. The van der Waals surface area contributed by atoms with Crippen molar-refractivity contribution in [1.82, 2.24) is 4.90 Å². The van der Waals surface area contributed by atoms with Crippen LogP contribution in [0.3, 0.4) is 0 Å². The minimum Gasteiger partial charge on any atom is -0.338 e. The molecule has 1 amide bonds. The van der Waals surface area contributed by atoms with Gasteiger partial charge in [0.1, 0.15) is 11.6 Å². The van der Waals surface area contributed by atoms with Crippen LogP contribution in [0.1, 0.15) is 18.4 Å². The van der Waals surface area contributed by atoms with Crippen LogP contribution in [0.25, 0.3) is 6.08 Å². The van der Waals surface area contributed by atoms with Crippen LogP contribution in [0, 0.1) is 21.4 Å². The van der Waals surface area contributed by atoms with Crippen molar-refractivity contribution in [3.63, 3.8) is 0 Å². The van der Waals surface area contributed by atoms with Crippen molar-refractivity contribution in [2.24, 2.45) is 0 Å². The number of amides is 1. The first kappa shape index (κ1) is 13.7. The van der Waals surface area contributed by atoms with Gasteiger partial charge in [0, 0.05) is 19.2 Å². The number of nitriles is 1. The molecule has 0 aliphatic carbocycles. The summed E-state index contributed by atoms with van der Waals surface area (Å²) in [6, 6.07) is 7.89. The van der Waals surface area contributed by atoms with Crippen molar-refractivity contribution in [3.05, 3.63) is 45.5 Å². The van der Waals surface area contributed by atoms with Crippen molar-refractivity contribution in [2.75, 3.05) is 13.1 Å². The Bertz CT molecular complexity index is 610. The van der Waals surface area contributed by atoms with Crippen molar-refractivity contribution in [1.29, 1.82) is 5.26 Å². The SMILES string of the molecule is N#CC(=Cc1ccccc1[N+](=O)[O-])C(=O)N1CCCC1.